The number of nitrogens with one attached hydrogen (secondary N) is 2. The summed E-state index contributed by atoms with van der Waals surface area (Å²) in [5.41, 5.74) is 11.6. The number of benzene rings is 1. The number of hydrogen-bond acceptors (Lipinski definition) is 6. The van der Waals surface area contributed by atoms with Crippen LogP contribution in [0.25, 0.3) is 22.3 Å². The van der Waals surface area contributed by atoms with Crippen LogP contribution in [-0.4, -0.2) is 34.9 Å². The Bertz CT molecular complexity index is 1240. The monoisotopic (exact) mass is 367 g/mol. The molecule has 0 spiro atoms. The van der Waals surface area contributed by atoms with Crippen molar-refractivity contribution in [2.45, 2.75) is 11.9 Å². The molecule has 5 aromatic rings. The van der Waals surface area contributed by atoms with Gasteiger partial charge in [0, 0.05) is 24.7 Å². The van der Waals surface area contributed by atoms with E-state index in [0.717, 1.165) is 38.8 Å². The van der Waals surface area contributed by atoms with Crippen molar-refractivity contribution in [3.63, 3.8) is 0 Å². The highest BCUT2D eigenvalue weighted by atomic mass is 32.2. The Morgan fingerprint density at radius 1 is 1.35 bits per heavy atom. The molecule has 5 rings (SSSR count). The molecule has 0 unspecified atom stereocenters. The maximum Gasteiger partial charge on any atom is 0.179 e. The normalized spacial score (nSPS) is 11.9. The minimum Gasteiger partial charge on any atom is -0.397 e. The molecule has 6 N–H and O–H groups in total. The van der Waals surface area contributed by atoms with E-state index in [2.05, 4.69) is 27.1 Å². The summed E-state index contributed by atoms with van der Waals surface area (Å²) in [5.74, 6) is 7.43. The first kappa shape index (κ1) is 15.2. The molecule has 10 heteroatoms. The highest BCUT2D eigenvalue weighted by Crippen LogP contribution is 2.38. The number of rotatable bonds is 4. The number of anilines is 3. The fraction of sp³-hybridized carbons (Fsp3) is 0.125. The predicted octanol–water partition coefficient (Wildman–Crippen LogP) is 2.50. The van der Waals surface area contributed by atoms with Gasteiger partial charge in [-0.15, -0.1) is 11.8 Å². The Balaban J connectivity index is 1.72. The Labute approximate surface area is 151 Å². The van der Waals surface area contributed by atoms with Crippen LogP contribution in [0.5, 0.6) is 0 Å². The number of thioether (sulfide) groups is 1. The average molecular weight is 367 g/mol. The molecule has 0 saturated heterocycles. The van der Waals surface area contributed by atoms with Gasteiger partial charge in [0.05, 0.1) is 22.4 Å². The number of hydrazine groups is 1. The molecule has 0 fully saturated rings. The van der Waals surface area contributed by atoms with Crippen LogP contribution in [0, 0.1) is 0 Å². The molecule has 132 valence electrons. The van der Waals surface area contributed by atoms with Crippen molar-refractivity contribution >= 4 is 51.2 Å². The first-order chi connectivity index (χ1) is 12.7. The SMILES string of the molecule is CCSc1[nH]n2ccnc2c1N(N)c1cc2c(cc1N)nc1cc[nH]n12. The smallest absolute Gasteiger partial charge is 0.179 e. The van der Waals surface area contributed by atoms with Crippen molar-refractivity contribution in [2.24, 2.45) is 5.84 Å². The number of H-pyrrole nitrogens is 2. The van der Waals surface area contributed by atoms with E-state index < -0.39 is 0 Å². The van der Waals surface area contributed by atoms with Crippen molar-refractivity contribution in [3.8, 4) is 0 Å². The molecule has 4 aromatic heterocycles. The zero-order valence-electron chi connectivity index (χ0n) is 14.0. The lowest BCUT2D eigenvalue weighted by molar-refractivity contribution is 0.906. The van der Waals surface area contributed by atoms with Gasteiger partial charge in [0.1, 0.15) is 10.7 Å². The van der Waals surface area contributed by atoms with Gasteiger partial charge in [-0.3, -0.25) is 15.2 Å². The Morgan fingerprint density at radius 3 is 3.08 bits per heavy atom. The molecule has 0 amide bonds. The van der Waals surface area contributed by atoms with E-state index in [4.69, 9.17) is 11.6 Å². The lowest BCUT2D eigenvalue weighted by Gasteiger charge is -2.20. The molecule has 1 aromatic carbocycles. The summed E-state index contributed by atoms with van der Waals surface area (Å²) in [6.45, 7) is 2.09. The van der Waals surface area contributed by atoms with Gasteiger partial charge in [-0.2, -0.15) is 0 Å². The number of aromatic amines is 2. The third kappa shape index (κ3) is 2.02. The molecular weight excluding hydrogens is 350 g/mol. The minimum absolute atomic E-state index is 0.555. The van der Waals surface area contributed by atoms with E-state index in [1.807, 2.05) is 39.6 Å². The van der Waals surface area contributed by atoms with Crippen molar-refractivity contribution in [3.05, 3.63) is 36.8 Å². The van der Waals surface area contributed by atoms with Crippen molar-refractivity contribution in [1.82, 2.24) is 29.2 Å². The van der Waals surface area contributed by atoms with Gasteiger partial charge in [-0.1, -0.05) is 6.92 Å². The third-order valence-electron chi connectivity index (χ3n) is 4.34. The fourth-order valence-corrected chi connectivity index (χ4v) is 3.98. The standard InChI is InChI=1S/C16H17N9S/c1-2-26-16-14(15-19-5-6-23(15)22-16)24(18)11-8-12-10(7-9(11)17)21-13-3-4-20-25(12)13/h3-8,20,22H,2,17-18H2,1H3. The third-order valence-corrected chi connectivity index (χ3v) is 5.21. The van der Waals surface area contributed by atoms with Crippen molar-refractivity contribution in [2.75, 3.05) is 16.5 Å². The Morgan fingerprint density at radius 2 is 2.23 bits per heavy atom. The van der Waals surface area contributed by atoms with E-state index in [1.165, 1.54) is 0 Å². The van der Waals surface area contributed by atoms with Crippen LogP contribution in [0.3, 0.4) is 0 Å². The van der Waals surface area contributed by atoms with E-state index in [0.29, 0.717) is 11.4 Å². The van der Waals surface area contributed by atoms with Gasteiger partial charge in [0.15, 0.2) is 11.3 Å². The van der Waals surface area contributed by atoms with Crippen LogP contribution >= 0.6 is 11.8 Å². The number of nitrogen functional groups attached to an aromatic ring is 1. The summed E-state index contributed by atoms with van der Waals surface area (Å²) in [7, 11) is 0. The summed E-state index contributed by atoms with van der Waals surface area (Å²) in [6.07, 6.45) is 5.43. The van der Waals surface area contributed by atoms with Crippen LogP contribution in [0.15, 0.2) is 41.8 Å². The van der Waals surface area contributed by atoms with E-state index in [9.17, 15) is 0 Å². The number of hydrogen-bond donors (Lipinski definition) is 4. The molecule has 0 bridgehead atoms. The second-order valence-corrected chi connectivity index (χ2v) is 7.16. The van der Waals surface area contributed by atoms with Crippen LogP contribution in [-0.2, 0) is 0 Å². The average Bonchev–Trinajstić information content (AvgIpc) is 3.33. The van der Waals surface area contributed by atoms with Gasteiger partial charge in [0.2, 0.25) is 0 Å². The minimum atomic E-state index is 0.555. The summed E-state index contributed by atoms with van der Waals surface area (Å²) < 4.78 is 3.75. The maximum atomic E-state index is 6.52. The largest absolute Gasteiger partial charge is 0.397 e. The zero-order valence-corrected chi connectivity index (χ0v) is 14.8. The topological polar surface area (TPSA) is 121 Å². The number of nitrogens with zero attached hydrogens (tertiary/aromatic N) is 5. The number of nitrogens with two attached hydrogens (primary N) is 2. The quantitative estimate of drug-likeness (QED) is 0.168. The van der Waals surface area contributed by atoms with Crippen molar-refractivity contribution < 1.29 is 0 Å². The van der Waals surface area contributed by atoms with Gasteiger partial charge in [0.25, 0.3) is 0 Å². The summed E-state index contributed by atoms with van der Waals surface area (Å²) in [5, 5.41) is 8.98. The number of imidazole rings is 2. The van der Waals surface area contributed by atoms with Crippen LogP contribution in [0.4, 0.5) is 17.1 Å². The van der Waals surface area contributed by atoms with Crippen LogP contribution in [0.2, 0.25) is 0 Å². The number of fused-ring (bicyclic) bond motifs is 4. The molecule has 26 heavy (non-hydrogen) atoms. The Kier molecular flexibility index (Phi) is 3.18. The maximum absolute atomic E-state index is 6.52. The molecule has 4 heterocycles. The first-order valence-electron chi connectivity index (χ1n) is 8.15. The zero-order chi connectivity index (χ0) is 17.8. The summed E-state index contributed by atoms with van der Waals surface area (Å²) in [4.78, 5) is 8.98. The molecule has 0 aliphatic carbocycles. The fourth-order valence-electron chi connectivity index (χ4n) is 3.21. The predicted molar refractivity (Wildman–Crippen MR) is 104 cm³/mol. The van der Waals surface area contributed by atoms with Gasteiger partial charge >= 0.3 is 0 Å². The molecule has 0 atom stereocenters. The van der Waals surface area contributed by atoms with Gasteiger partial charge in [-0.05, 0) is 17.9 Å². The second kappa shape index (κ2) is 5.44. The highest BCUT2D eigenvalue weighted by molar-refractivity contribution is 7.99. The Hall–Kier alpha value is -3.11. The van der Waals surface area contributed by atoms with Gasteiger partial charge in [-0.25, -0.2) is 24.8 Å². The first-order valence-corrected chi connectivity index (χ1v) is 9.13. The molecular formula is C16H17N9S. The highest BCUT2D eigenvalue weighted by Gasteiger charge is 2.21. The molecule has 0 radical (unpaired) electrons. The molecule has 0 aliphatic heterocycles. The molecule has 9 nitrogen and oxygen atoms in total. The lowest BCUT2D eigenvalue weighted by Crippen LogP contribution is -2.26. The molecule has 0 saturated carbocycles. The molecule has 0 aliphatic rings. The van der Waals surface area contributed by atoms with Crippen LogP contribution in [0.1, 0.15) is 6.92 Å². The summed E-state index contributed by atoms with van der Waals surface area (Å²) >= 11 is 1.67. The van der Waals surface area contributed by atoms with E-state index >= 15 is 0 Å². The van der Waals surface area contributed by atoms with Gasteiger partial charge < -0.3 is 5.73 Å². The lowest BCUT2D eigenvalue weighted by atomic mass is 10.2. The van der Waals surface area contributed by atoms with E-state index in [1.54, 1.807) is 23.0 Å². The second-order valence-electron chi connectivity index (χ2n) is 5.88. The van der Waals surface area contributed by atoms with E-state index in [-0.39, 0.29) is 0 Å². The van der Waals surface area contributed by atoms with Crippen molar-refractivity contribution in [1.29, 1.82) is 0 Å². The van der Waals surface area contributed by atoms with Crippen LogP contribution < -0.4 is 16.6 Å². The summed E-state index contributed by atoms with van der Waals surface area (Å²) in [6, 6.07) is 5.69. The number of aromatic nitrogens is 6.